The maximum atomic E-state index is 15.1. The van der Waals surface area contributed by atoms with Crippen LogP contribution < -0.4 is 9.47 Å². The van der Waals surface area contributed by atoms with E-state index in [1.807, 2.05) is 24.3 Å². The first-order valence-electron chi connectivity index (χ1n) is 13.0. The number of aromatic nitrogens is 1. The average molecular weight is 464 g/mol. The van der Waals surface area contributed by atoms with Crippen molar-refractivity contribution in [2.24, 2.45) is 0 Å². The van der Waals surface area contributed by atoms with Crippen LogP contribution in [-0.2, 0) is 6.54 Å². The van der Waals surface area contributed by atoms with E-state index in [1.165, 1.54) is 42.6 Å². The Kier molecular flexibility index (Phi) is 9.23. The molecule has 0 aliphatic carbocycles. The minimum Gasteiger partial charge on any atom is -0.370 e. The molecular weight excluding hydrogens is 421 g/mol. The second-order valence-corrected chi connectivity index (χ2v) is 9.12. The van der Waals surface area contributed by atoms with E-state index in [2.05, 4.69) is 86.8 Å². The lowest BCUT2D eigenvalue weighted by molar-refractivity contribution is -0.925. The quantitative estimate of drug-likeness (QED) is 0.218. The largest absolute Gasteiger partial charge is 0.370 e. The van der Waals surface area contributed by atoms with Gasteiger partial charge in [0.15, 0.2) is 24.8 Å². The van der Waals surface area contributed by atoms with Crippen molar-refractivity contribution in [3.63, 3.8) is 0 Å². The van der Waals surface area contributed by atoms with Crippen molar-refractivity contribution in [1.29, 1.82) is 0 Å². The zero-order valence-corrected chi connectivity index (χ0v) is 21.7. The van der Waals surface area contributed by atoms with Crippen LogP contribution in [0, 0.1) is 5.82 Å². The standard InChI is InChI=1S/C30H42FN3/c1-6-33(7-2)29-17-15-27-24-26(14-16-28(27)30(29)31)13-12-25-18-21-32(22-19-25)20-11-23-34(8-3,9-4)10-5/h12-19,21-22,24H,6-11,20,23H2,1-5H3/q+2. The van der Waals surface area contributed by atoms with E-state index in [0.29, 0.717) is 11.1 Å². The predicted octanol–water partition coefficient (Wildman–Crippen LogP) is 6.55. The lowest BCUT2D eigenvalue weighted by atomic mass is 10.0. The molecule has 0 amide bonds. The van der Waals surface area contributed by atoms with Crippen LogP contribution in [0.1, 0.15) is 52.2 Å². The number of hydrogen-bond donors (Lipinski definition) is 0. The van der Waals surface area contributed by atoms with Gasteiger partial charge in [0.2, 0.25) is 0 Å². The van der Waals surface area contributed by atoms with Gasteiger partial charge in [0.1, 0.15) is 0 Å². The Morgan fingerprint density at radius 2 is 1.47 bits per heavy atom. The smallest absolute Gasteiger partial charge is 0.169 e. The van der Waals surface area contributed by atoms with Gasteiger partial charge in [-0.05, 0) is 63.3 Å². The summed E-state index contributed by atoms with van der Waals surface area (Å²) >= 11 is 0. The second kappa shape index (κ2) is 12.1. The fraction of sp³-hybridized carbons (Fsp3) is 0.433. The van der Waals surface area contributed by atoms with Crippen molar-refractivity contribution in [2.45, 2.75) is 47.6 Å². The molecule has 1 heterocycles. The van der Waals surface area contributed by atoms with Gasteiger partial charge in [-0.3, -0.25) is 0 Å². The average Bonchev–Trinajstić information content (AvgIpc) is 2.88. The zero-order chi connectivity index (χ0) is 24.6. The Labute approximate surface area is 205 Å². The summed E-state index contributed by atoms with van der Waals surface area (Å²) in [7, 11) is 0. The van der Waals surface area contributed by atoms with Gasteiger partial charge in [-0.15, -0.1) is 0 Å². The van der Waals surface area contributed by atoms with Crippen molar-refractivity contribution in [3.05, 3.63) is 71.8 Å². The lowest BCUT2D eigenvalue weighted by Crippen LogP contribution is -2.49. The number of fused-ring (bicyclic) bond motifs is 1. The number of nitrogens with zero attached hydrogens (tertiary/aromatic N) is 3. The number of rotatable bonds is 12. The second-order valence-electron chi connectivity index (χ2n) is 9.12. The maximum Gasteiger partial charge on any atom is 0.169 e. The SMILES string of the molecule is CCN(CC)c1ccc2cc(/C=C/c3cc[n+](CCC[N+](CC)(CC)CC)cc3)ccc2c1F. The first kappa shape index (κ1) is 25.9. The molecule has 3 nitrogen and oxygen atoms in total. The van der Waals surface area contributed by atoms with Crippen LogP contribution >= 0.6 is 0 Å². The summed E-state index contributed by atoms with van der Waals surface area (Å²) in [6, 6.07) is 14.2. The number of benzene rings is 2. The molecule has 0 aliphatic heterocycles. The van der Waals surface area contributed by atoms with Gasteiger partial charge in [0.25, 0.3) is 0 Å². The van der Waals surface area contributed by atoms with Crippen molar-refractivity contribution >= 4 is 28.6 Å². The number of quaternary nitrogens is 1. The van der Waals surface area contributed by atoms with Crippen LogP contribution in [0.2, 0.25) is 0 Å². The topological polar surface area (TPSA) is 7.12 Å². The molecule has 0 saturated carbocycles. The van der Waals surface area contributed by atoms with Gasteiger partial charge in [-0.2, -0.15) is 0 Å². The molecule has 4 heteroatoms. The van der Waals surface area contributed by atoms with Crippen molar-refractivity contribution in [2.75, 3.05) is 44.2 Å². The highest BCUT2D eigenvalue weighted by Crippen LogP contribution is 2.28. The highest BCUT2D eigenvalue weighted by molar-refractivity contribution is 5.89. The fourth-order valence-corrected chi connectivity index (χ4v) is 4.87. The van der Waals surface area contributed by atoms with Crippen LogP contribution in [0.4, 0.5) is 10.1 Å². The van der Waals surface area contributed by atoms with Crippen molar-refractivity contribution in [1.82, 2.24) is 0 Å². The molecule has 0 N–H and O–H groups in total. The van der Waals surface area contributed by atoms with Crippen LogP contribution in [-0.4, -0.2) is 43.8 Å². The Morgan fingerprint density at radius 3 is 2.09 bits per heavy atom. The summed E-state index contributed by atoms with van der Waals surface area (Å²) in [5.41, 5.74) is 2.93. The third-order valence-corrected chi connectivity index (χ3v) is 7.51. The number of pyridine rings is 1. The summed E-state index contributed by atoms with van der Waals surface area (Å²) in [5, 5.41) is 1.61. The first-order valence-corrected chi connectivity index (χ1v) is 13.0. The van der Waals surface area contributed by atoms with Crippen LogP contribution in [0.3, 0.4) is 0 Å². The minimum absolute atomic E-state index is 0.128. The van der Waals surface area contributed by atoms with Gasteiger partial charge < -0.3 is 9.38 Å². The molecule has 182 valence electrons. The molecule has 3 aromatic rings. The molecule has 0 bridgehead atoms. The molecule has 2 aromatic carbocycles. The zero-order valence-electron chi connectivity index (χ0n) is 21.7. The van der Waals surface area contributed by atoms with Gasteiger partial charge in [0, 0.05) is 30.6 Å². The summed E-state index contributed by atoms with van der Waals surface area (Å²) in [6.45, 7) is 18.5. The van der Waals surface area contributed by atoms with E-state index < -0.39 is 0 Å². The van der Waals surface area contributed by atoms with Gasteiger partial charge in [0.05, 0.1) is 38.3 Å². The highest BCUT2D eigenvalue weighted by Gasteiger charge is 2.20. The van der Waals surface area contributed by atoms with Crippen molar-refractivity contribution in [3.8, 4) is 0 Å². The molecule has 1 aromatic heterocycles. The normalized spacial score (nSPS) is 12.1. The lowest BCUT2D eigenvalue weighted by Gasteiger charge is -2.35. The molecule has 3 rings (SSSR count). The summed E-state index contributed by atoms with van der Waals surface area (Å²) in [6.07, 6.45) is 9.76. The van der Waals surface area contributed by atoms with Gasteiger partial charge >= 0.3 is 0 Å². The fourth-order valence-electron chi connectivity index (χ4n) is 4.87. The molecular formula is C30H42FN3+2. The summed E-state index contributed by atoms with van der Waals surface area (Å²) in [4.78, 5) is 2.05. The van der Waals surface area contributed by atoms with Gasteiger partial charge in [-0.1, -0.05) is 30.4 Å². The number of anilines is 1. The summed E-state index contributed by atoms with van der Waals surface area (Å²) < 4.78 is 18.5. The number of halogens is 1. The number of hydrogen-bond acceptors (Lipinski definition) is 1. The van der Waals surface area contributed by atoms with Gasteiger partial charge in [-0.25, -0.2) is 8.96 Å². The monoisotopic (exact) mass is 463 g/mol. The molecule has 0 aliphatic rings. The number of aryl methyl sites for hydroxylation is 1. The Hall–Kier alpha value is -2.72. The summed E-state index contributed by atoms with van der Waals surface area (Å²) in [5.74, 6) is -0.128. The molecule has 0 saturated heterocycles. The molecule has 0 fully saturated rings. The van der Waals surface area contributed by atoms with Crippen LogP contribution in [0.5, 0.6) is 0 Å². The molecule has 0 radical (unpaired) electrons. The molecule has 0 atom stereocenters. The molecule has 0 unspecified atom stereocenters. The van der Waals surface area contributed by atoms with E-state index >= 15 is 4.39 Å². The Morgan fingerprint density at radius 1 is 0.824 bits per heavy atom. The highest BCUT2D eigenvalue weighted by atomic mass is 19.1. The Balaban J connectivity index is 1.66. The minimum atomic E-state index is -0.128. The molecule has 0 spiro atoms. The van der Waals surface area contributed by atoms with E-state index in [4.69, 9.17) is 0 Å². The maximum absolute atomic E-state index is 15.1. The van der Waals surface area contributed by atoms with Crippen molar-refractivity contribution < 1.29 is 13.4 Å². The van der Waals surface area contributed by atoms with E-state index in [1.54, 1.807) is 0 Å². The predicted molar refractivity (Wildman–Crippen MR) is 144 cm³/mol. The first-order chi connectivity index (χ1) is 16.5. The van der Waals surface area contributed by atoms with Crippen LogP contribution in [0.25, 0.3) is 22.9 Å². The van der Waals surface area contributed by atoms with E-state index in [-0.39, 0.29) is 5.82 Å². The third-order valence-electron chi connectivity index (χ3n) is 7.51. The Bertz CT molecular complexity index is 1070. The third kappa shape index (κ3) is 6.04. The van der Waals surface area contributed by atoms with E-state index in [9.17, 15) is 0 Å². The van der Waals surface area contributed by atoms with Crippen LogP contribution in [0.15, 0.2) is 54.9 Å². The van der Waals surface area contributed by atoms with E-state index in [0.717, 1.165) is 30.6 Å². The molecule has 34 heavy (non-hydrogen) atoms.